The first-order chi connectivity index (χ1) is 9.83. The zero-order chi connectivity index (χ0) is 15.6. The van der Waals surface area contributed by atoms with E-state index < -0.39 is 17.4 Å². The fourth-order valence-corrected chi connectivity index (χ4v) is 2.95. The minimum Gasteiger partial charge on any atom is -0.481 e. The van der Waals surface area contributed by atoms with Crippen molar-refractivity contribution in [1.29, 1.82) is 0 Å². The molecule has 21 heavy (non-hydrogen) atoms. The van der Waals surface area contributed by atoms with Crippen LogP contribution in [0.25, 0.3) is 0 Å². The Kier molecular flexibility index (Phi) is 4.32. The van der Waals surface area contributed by atoms with E-state index in [1.54, 1.807) is 13.0 Å². The molecule has 0 radical (unpaired) electrons. The molecule has 110 valence electrons. The topological polar surface area (TPSA) is 74.6 Å². The number of hydrogen-bond acceptors (Lipinski definition) is 2. The van der Waals surface area contributed by atoms with Crippen LogP contribution in [-0.2, 0) is 16.0 Å². The molecule has 4 nitrogen and oxygen atoms in total. The van der Waals surface area contributed by atoms with Gasteiger partial charge in [0.2, 0.25) is 0 Å². The Bertz CT molecular complexity index is 646. The molecular weight excluding hydrogens is 336 g/mol. The Morgan fingerprint density at radius 2 is 1.86 bits per heavy atom. The van der Waals surface area contributed by atoms with Gasteiger partial charge in [-0.2, -0.15) is 0 Å². The highest BCUT2D eigenvalue weighted by atomic mass is 79.9. The second kappa shape index (κ2) is 5.85. The normalized spacial score (nSPS) is 21.9. The maximum absolute atomic E-state index is 11.5. The summed E-state index contributed by atoms with van der Waals surface area (Å²) < 4.78 is 0.484. The van der Waals surface area contributed by atoms with Gasteiger partial charge in [-0.1, -0.05) is 36.4 Å². The fraction of sp³-hybridized carbons (Fsp3) is 0.250. The van der Waals surface area contributed by atoms with Crippen molar-refractivity contribution < 1.29 is 19.8 Å². The van der Waals surface area contributed by atoms with Crippen LogP contribution in [0.15, 0.2) is 52.0 Å². The lowest BCUT2D eigenvalue weighted by Gasteiger charge is -2.28. The summed E-state index contributed by atoms with van der Waals surface area (Å²) in [5.41, 5.74) is 0.595. The van der Waals surface area contributed by atoms with Crippen LogP contribution < -0.4 is 0 Å². The highest BCUT2D eigenvalue weighted by molar-refractivity contribution is 9.12. The summed E-state index contributed by atoms with van der Waals surface area (Å²) in [6.07, 6.45) is 2.11. The molecule has 0 spiro atoms. The molecule has 0 aliphatic heterocycles. The molecule has 1 atom stereocenters. The van der Waals surface area contributed by atoms with Crippen LogP contribution in [0.2, 0.25) is 0 Å². The van der Waals surface area contributed by atoms with Gasteiger partial charge in [-0.3, -0.25) is 4.79 Å². The molecule has 1 unspecified atom stereocenters. The lowest BCUT2D eigenvalue weighted by Crippen LogP contribution is -2.31. The molecular formula is C16H15BrO4. The zero-order valence-electron chi connectivity index (χ0n) is 11.5. The van der Waals surface area contributed by atoms with Crippen LogP contribution in [0, 0.1) is 5.41 Å². The first kappa shape index (κ1) is 15.5. The first-order valence-corrected chi connectivity index (χ1v) is 7.24. The molecule has 0 amide bonds. The van der Waals surface area contributed by atoms with Crippen molar-refractivity contribution in [3.63, 3.8) is 0 Å². The number of hydrogen-bond donors (Lipinski definition) is 2. The predicted octanol–water partition coefficient (Wildman–Crippen LogP) is 3.38. The van der Waals surface area contributed by atoms with Gasteiger partial charge < -0.3 is 10.2 Å². The molecule has 2 rings (SSSR count). The third-order valence-corrected chi connectivity index (χ3v) is 4.56. The number of carbonyl (C=O) groups is 2. The van der Waals surface area contributed by atoms with Crippen molar-refractivity contribution >= 4 is 27.9 Å². The maximum Gasteiger partial charge on any atom is 0.332 e. The van der Waals surface area contributed by atoms with E-state index in [-0.39, 0.29) is 12.0 Å². The molecule has 0 saturated heterocycles. The zero-order valence-corrected chi connectivity index (χ0v) is 13.1. The molecule has 1 aromatic rings. The second-order valence-electron chi connectivity index (χ2n) is 5.33. The summed E-state index contributed by atoms with van der Waals surface area (Å²) in [6.45, 7) is 1.54. The quantitative estimate of drug-likeness (QED) is 0.872. The third-order valence-electron chi connectivity index (χ3n) is 3.57. The van der Waals surface area contributed by atoms with Crippen molar-refractivity contribution in [2.24, 2.45) is 5.41 Å². The van der Waals surface area contributed by atoms with Crippen LogP contribution in [-0.4, -0.2) is 22.2 Å². The van der Waals surface area contributed by atoms with Gasteiger partial charge >= 0.3 is 11.9 Å². The average Bonchev–Trinajstić information content (AvgIpc) is 2.43. The summed E-state index contributed by atoms with van der Waals surface area (Å²) in [6, 6.07) is 9.53. The van der Waals surface area contributed by atoms with E-state index in [0.717, 1.165) is 5.56 Å². The maximum atomic E-state index is 11.5. The van der Waals surface area contributed by atoms with Crippen LogP contribution >= 0.6 is 15.9 Å². The number of halogens is 1. The van der Waals surface area contributed by atoms with Crippen molar-refractivity contribution in [2.75, 3.05) is 0 Å². The van der Waals surface area contributed by atoms with Gasteiger partial charge in [0.1, 0.15) is 0 Å². The van der Waals surface area contributed by atoms with E-state index in [1.165, 1.54) is 0 Å². The number of carboxylic acid groups (broad SMARTS) is 2. The van der Waals surface area contributed by atoms with Crippen molar-refractivity contribution in [3.05, 3.63) is 57.6 Å². The second-order valence-corrected chi connectivity index (χ2v) is 6.12. The van der Waals surface area contributed by atoms with Gasteiger partial charge in [-0.05, 0) is 46.8 Å². The molecule has 1 aliphatic rings. The van der Waals surface area contributed by atoms with Crippen LogP contribution in [0.4, 0.5) is 0 Å². The average molecular weight is 351 g/mol. The van der Waals surface area contributed by atoms with Gasteiger partial charge in [-0.15, -0.1) is 0 Å². The molecule has 0 bridgehead atoms. The molecule has 1 aliphatic carbocycles. The summed E-state index contributed by atoms with van der Waals surface area (Å²) in [7, 11) is 0. The molecule has 5 heteroatoms. The summed E-state index contributed by atoms with van der Waals surface area (Å²) in [5, 5.41) is 18.7. The minimum absolute atomic E-state index is 0.0312. The summed E-state index contributed by atoms with van der Waals surface area (Å²) in [5.74, 6) is -2.11. The van der Waals surface area contributed by atoms with E-state index >= 15 is 0 Å². The van der Waals surface area contributed by atoms with E-state index in [4.69, 9.17) is 0 Å². The minimum atomic E-state index is -1.20. The van der Waals surface area contributed by atoms with Crippen LogP contribution in [0.5, 0.6) is 0 Å². The fourth-order valence-electron chi connectivity index (χ4n) is 2.39. The Labute approximate surface area is 130 Å². The monoisotopic (exact) mass is 350 g/mol. The SMILES string of the molecule is CC1(C(=O)O)C=C(Cc2ccccc2)C(Br)=C(C(=O)O)C1. The Morgan fingerprint density at radius 1 is 1.24 bits per heavy atom. The van der Waals surface area contributed by atoms with Crippen molar-refractivity contribution in [1.82, 2.24) is 0 Å². The van der Waals surface area contributed by atoms with Crippen LogP contribution in [0.3, 0.4) is 0 Å². The van der Waals surface area contributed by atoms with Gasteiger partial charge in [0, 0.05) is 4.48 Å². The Balaban J connectivity index is 2.45. The van der Waals surface area contributed by atoms with Gasteiger partial charge in [0.05, 0.1) is 11.0 Å². The largest absolute Gasteiger partial charge is 0.481 e. The molecule has 2 N–H and O–H groups in total. The molecule has 0 fully saturated rings. The third kappa shape index (κ3) is 3.24. The van der Waals surface area contributed by atoms with E-state index in [1.807, 2.05) is 30.3 Å². The number of aliphatic carboxylic acids is 2. The van der Waals surface area contributed by atoms with Gasteiger partial charge in [-0.25, -0.2) is 4.79 Å². The highest BCUT2D eigenvalue weighted by Gasteiger charge is 2.38. The molecule has 1 aromatic carbocycles. The van der Waals surface area contributed by atoms with E-state index in [0.29, 0.717) is 16.5 Å². The lowest BCUT2D eigenvalue weighted by atomic mass is 9.77. The van der Waals surface area contributed by atoms with Gasteiger partial charge in [0.25, 0.3) is 0 Å². The molecule has 0 aromatic heterocycles. The Morgan fingerprint density at radius 3 is 2.38 bits per heavy atom. The Hall–Kier alpha value is -1.88. The van der Waals surface area contributed by atoms with Crippen LogP contribution in [0.1, 0.15) is 18.9 Å². The first-order valence-electron chi connectivity index (χ1n) is 6.45. The van der Waals surface area contributed by atoms with E-state index in [2.05, 4.69) is 15.9 Å². The molecule has 0 saturated carbocycles. The number of rotatable bonds is 4. The van der Waals surface area contributed by atoms with Crippen molar-refractivity contribution in [3.8, 4) is 0 Å². The highest BCUT2D eigenvalue weighted by Crippen LogP contribution is 2.41. The molecule has 0 heterocycles. The number of benzene rings is 1. The summed E-state index contributed by atoms with van der Waals surface area (Å²) >= 11 is 3.32. The predicted molar refractivity (Wildman–Crippen MR) is 82.2 cm³/mol. The van der Waals surface area contributed by atoms with E-state index in [9.17, 15) is 19.8 Å². The standard InChI is InChI=1S/C16H15BrO4/c1-16(15(20)21)8-11(7-10-5-3-2-4-6-10)13(17)12(9-16)14(18)19/h2-6,8H,7,9H2,1H3,(H,18,19)(H,20,21). The summed E-state index contributed by atoms with van der Waals surface area (Å²) in [4.78, 5) is 22.8. The smallest absolute Gasteiger partial charge is 0.332 e. The number of allylic oxidation sites excluding steroid dienone is 2. The lowest BCUT2D eigenvalue weighted by molar-refractivity contribution is -0.145. The number of carboxylic acids is 2. The van der Waals surface area contributed by atoms with Gasteiger partial charge in [0.15, 0.2) is 0 Å². The van der Waals surface area contributed by atoms with Crippen molar-refractivity contribution in [2.45, 2.75) is 19.8 Å².